The second-order valence-corrected chi connectivity index (χ2v) is 4.58. The molecular formula is C14H20IN5. The number of aliphatic imine (C=N–C) groups is 1. The van der Waals surface area contributed by atoms with E-state index in [9.17, 15) is 0 Å². The largest absolute Gasteiger partial charge is 0.370 e. The molecule has 3 N–H and O–H groups in total. The van der Waals surface area contributed by atoms with Crippen molar-refractivity contribution in [2.75, 3.05) is 5.32 Å². The molecule has 5 nitrogen and oxygen atoms in total. The lowest BCUT2D eigenvalue weighted by Crippen LogP contribution is -2.22. The van der Waals surface area contributed by atoms with Gasteiger partial charge in [-0.2, -0.15) is 0 Å². The SMILES string of the molecule is Cc1ccc(NC(N)=NCc2nccn2C)cc1C.I. The van der Waals surface area contributed by atoms with E-state index in [0.29, 0.717) is 12.5 Å². The fraction of sp³-hybridized carbons (Fsp3) is 0.286. The Morgan fingerprint density at radius 2 is 2.10 bits per heavy atom. The number of hydrogen-bond donors (Lipinski definition) is 2. The minimum atomic E-state index is 0. The first-order valence-electron chi connectivity index (χ1n) is 6.16. The lowest BCUT2D eigenvalue weighted by Gasteiger charge is -2.08. The van der Waals surface area contributed by atoms with Crippen LogP contribution in [0.15, 0.2) is 35.6 Å². The van der Waals surface area contributed by atoms with Crippen LogP contribution in [0.4, 0.5) is 5.69 Å². The lowest BCUT2D eigenvalue weighted by molar-refractivity contribution is 0.793. The molecule has 0 amide bonds. The van der Waals surface area contributed by atoms with Gasteiger partial charge in [-0.15, -0.1) is 24.0 Å². The van der Waals surface area contributed by atoms with E-state index in [1.165, 1.54) is 11.1 Å². The standard InChI is InChI=1S/C14H19N5.HI/c1-10-4-5-12(8-11(10)2)18-14(15)17-9-13-16-6-7-19(13)3;/h4-8H,9H2,1-3H3,(H3,15,17,18);1H. The maximum atomic E-state index is 5.86. The van der Waals surface area contributed by atoms with E-state index in [4.69, 9.17) is 5.73 Å². The molecule has 2 rings (SSSR count). The van der Waals surface area contributed by atoms with Gasteiger partial charge in [0.25, 0.3) is 0 Å². The molecule has 0 aliphatic carbocycles. The number of nitrogens with one attached hydrogen (secondary N) is 1. The van der Waals surface area contributed by atoms with E-state index < -0.39 is 0 Å². The van der Waals surface area contributed by atoms with Crippen molar-refractivity contribution in [1.29, 1.82) is 0 Å². The number of halogens is 1. The van der Waals surface area contributed by atoms with Gasteiger partial charge in [-0.3, -0.25) is 0 Å². The van der Waals surface area contributed by atoms with Gasteiger partial charge in [-0.1, -0.05) is 6.07 Å². The van der Waals surface area contributed by atoms with Crippen LogP contribution in [0.3, 0.4) is 0 Å². The number of aromatic nitrogens is 2. The number of benzene rings is 1. The molecule has 20 heavy (non-hydrogen) atoms. The van der Waals surface area contributed by atoms with Crippen LogP contribution in [0, 0.1) is 13.8 Å². The Morgan fingerprint density at radius 3 is 2.70 bits per heavy atom. The highest BCUT2D eigenvalue weighted by Gasteiger charge is 2.00. The Labute approximate surface area is 136 Å². The molecule has 2 aromatic rings. The number of guanidine groups is 1. The predicted molar refractivity (Wildman–Crippen MR) is 93.5 cm³/mol. The molecule has 0 unspecified atom stereocenters. The second kappa shape index (κ2) is 7.28. The molecule has 108 valence electrons. The zero-order valence-corrected chi connectivity index (χ0v) is 14.3. The normalized spacial score (nSPS) is 11.1. The first-order valence-corrected chi connectivity index (χ1v) is 6.16. The Hall–Kier alpha value is -1.57. The van der Waals surface area contributed by atoms with Gasteiger partial charge >= 0.3 is 0 Å². The van der Waals surface area contributed by atoms with Crippen LogP contribution >= 0.6 is 24.0 Å². The molecule has 6 heteroatoms. The minimum absolute atomic E-state index is 0. The van der Waals surface area contributed by atoms with Crippen LogP contribution in [0.5, 0.6) is 0 Å². The van der Waals surface area contributed by atoms with Crippen molar-refractivity contribution in [2.45, 2.75) is 20.4 Å². The maximum absolute atomic E-state index is 5.86. The molecule has 1 aromatic heterocycles. The summed E-state index contributed by atoms with van der Waals surface area (Å²) in [6.45, 7) is 4.62. The molecule has 0 saturated carbocycles. The van der Waals surface area contributed by atoms with E-state index >= 15 is 0 Å². The lowest BCUT2D eigenvalue weighted by atomic mass is 10.1. The fourth-order valence-electron chi connectivity index (χ4n) is 1.71. The third-order valence-corrected chi connectivity index (χ3v) is 3.09. The third kappa shape index (κ3) is 4.22. The Morgan fingerprint density at radius 1 is 1.35 bits per heavy atom. The summed E-state index contributed by atoms with van der Waals surface area (Å²) in [5.41, 5.74) is 9.29. The van der Waals surface area contributed by atoms with Gasteiger partial charge in [-0.05, 0) is 37.1 Å². The summed E-state index contributed by atoms with van der Waals surface area (Å²) in [6, 6.07) is 6.10. The highest BCUT2D eigenvalue weighted by molar-refractivity contribution is 14.0. The van der Waals surface area contributed by atoms with Crippen molar-refractivity contribution in [3.05, 3.63) is 47.5 Å². The first kappa shape index (κ1) is 16.5. The smallest absolute Gasteiger partial charge is 0.193 e. The zero-order valence-electron chi connectivity index (χ0n) is 11.9. The van der Waals surface area contributed by atoms with E-state index in [-0.39, 0.29) is 24.0 Å². The fourth-order valence-corrected chi connectivity index (χ4v) is 1.71. The summed E-state index contributed by atoms with van der Waals surface area (Å²) in [7, 11) is 1.94. The average Bonchev–Trinajstić information content (AvgIpc) is 2.77. The van der Waals surface area contributed by atoms with Gasteiger partial charge in [0.2, 0.25) is 0 Å². The van der Waals surface area contributed by atoms with Crippen LogP contribution < -0.4 is 11.1 Å². The Balaban J connectivity index is 0.00000200. The maximum Gasteiger partial charge on any atom is 0.193 e. The number of aryl methyl sites for hydroxylation is 3. The quantitative estimate of drug-likeness (QED) is 0.485. The van der Waals surface area contributed by atoms with E-state index in [1.54, 1.807) is 6.20 Å². The number of anilines is 1. The summed E-state index contributed by atoms with van der Waals surface area (Å²) < 4.78 is 1.92. The number of imidazole rings is 1. The van der Waals surface area contributed by atoms with Gasteiger partial charge in [0.05, 0.1) is 0 Å². The van der Waals surface area contributed by atoms with Crippen LogP contribution in [-0.2, 0) is 13.6 Å². The van der Waals surface area contributed by atoms with Crippen molar-refractivity contribution in [2.24, 2.45) is 17.8 Å². The van der Waals surface area contributed by atoms with Gasteiger partial charge in [0, 0.05) is 25.1 Å². The summed E-state index contributed by atoms with van der Waals surface area (Å²) in [5, 5.41) is 3.08. The molecule has 0 aliphatic rings. The monoisotopic (exact) mass is 385 g/mol. The molecular weight excluding hydrogens is 365 g/mol. The number of nitrogens with two attached hydrogens (primary N) is 1. The highest BCUT2D eigenvalue weighted by atomic mass is 127. The molecule has 1 aromatic carbocycles. The first-order chi connectivity index (χ1) is 9.06. The molecule has 1 heterocycles. The molecule has 0 bridgehead atoms. The molecule has 0 spiro atoms. The number of hydrogen-bond acceptors (Lipinski definition) is 2. The molecule has 0 radical (unpaired) electrons. The van der Waals surface area contributed by atoms with Crippen molar-refractivity contribution in [3.63, 3.8) is 0 Å². The summed E-state index contributed by atoms with van der Waals surface area (Å²) in [6.07, 6.45) is 3.63. The Kier molecular flexibility index (Phi) is 6.00. The van der Waals surface area contributed by atoms with Crippen LogP contribution in [0.25, 0.3) is 0 Å². The van der Waals surface area contributed by atoms with Crippen molar-refractivity contribution >= 4 is 35.6 Å². The summed E-state index contributed by atoms with van der Waals surface area (Å²) >= 11 is 0. The van der Waals surface area contributed by atoms with Crippen molar-refractivity contribution < 1.29 is 0 Å². The molecule has 0 saturated heterocycles. The summed E-state index contributed by atoms with van der Waals surface area (Å²) in [4.78, 5) is 8.47. The third-order valence-electron chi connectivity index (χ3n) is 3.09. The van der Waals surface area contributed by atoms with Crippen molar-refractivity contribution in [1.82, 2.24) is 9.55 Å². The summed E-state index contributed by atoms with van der Waals surface area (Å²) in [5.74, 6) is 1.27. The van der Waals surface area contributed by atoms with Crippen LogP contribution in [-0.4, -0.2) is 15.5 Å². The average molecular weight is 385 g/mol. The van der Waals surface area contributed by atoms with Crippen molar-refractivity contribution in [3.8, 4) is 0 Å². The van der Waals surface area contributed by atoms with Gasteiger partial charge in [0.15, 0.2) is 5.96 Å². The zero-order chi connectivity index (χ0) is 13.8. The van der Waals surface area contributed by atoms with Gasteiger partial charge in [-0.25, -0.2) is 9.98 Å². The van der Waals surface area contributed by atoms with Crippen LogP contribution in [0.2, 0.25) is 0 Å². The Bertz CT molecular complexity index is 603. The molecule has 0 fully saturated rings. The van der Waals surface area contributed by atoms with E-state index in [1.807, 2.05) is 23.9 Å². The van der Waals surface area contributed by atoms with Gasteiger partial charge < -0.3 is 15.6 Å². The minimum Gasteiger partial charge on any atom is -0.370 e. The molecule has 0 aliphatic heterocycles. The van der Waals surface area contributed by atoms with E-state index in [0.717, 1.165) is 11.5 Å². The number of rotatable bonds is 3. The van der Waals surface area contributed by atoms with E-state index in [2.05, 4.69) is 41.3 Å². The van der Waals surface area contributed by atoms with Crippen LogP contribution in [0.1, 0.15) is 17.0 Å². The van der Waals surface area contributed by atoms with Gasteiger partial charge in [0.1, 0.15) is 12.4 Å². The highest BCUT2D eigenvalue weighted by Crippen LogP contribution is 2.13. The number of nitrogens with zero attached hydrogens (tertiary/aromatic N) is 3. The second-order valence-electron chi connectivity index (χ2n) is 4.58. The molecule has 0 atom stereocenters. The topological polar surface area (TPSA) is 68.2 Å². The predicted octanol–water partition coefficient (Wildman–Crippen LogP) is 2.58.